The summed E-state index contributed by atoms with van der Waals surface area (Å²) in [7, 11) is 0. The molecule has 1 fully saturated rings. The SMILES string of the molecule is Cc1cn([C@H]2C[C@H](O)[C@@H](CSCc3c4ccccc4cc4ccccc34)O2)c(=O)[nH]c1=O. The fourth-order valence-electron chi connectivity index (χ4n) is 4.38. The highest BCUT2D eigenvalue weighted by molar-refractivity contribution is 7.98. The number of hydrogen-bond acceptors (Lipinski definition) is 5. The lowest BCUT2D eigenvalue weighted by Gasteiger charge is -2.17. The van der Waals surface area contributed by atoms with Crippen molar-refractivity contribution in [3.63, 3.8) is 0 Å². The number of benzene rings is 3. The number of aromatic amines is 1. The number of rotatable bonds is 5. The summed E-state index contributed by atoms with van der Waals surface area (Å²) in [4.78, 5) is 26.1. The molecule has 0 radical (unpaired) electrons. The van der Waals surface area contributed by atoms with Gasteiger partial charge < -0.3 is 9.84 Å². The topological polar surface area (TPSA) is 84.3 Å². The maximum absolute atomic E-state index is 12.2. The molecule has 0 spiro atoms. The molecule has 0 aliphatic carbocycles. The number of thioether (sulfide) groups is 1. The minimum absolute atomic E-state index is 0.313. The van der Waals surface area contributed by atoms with Crippen molar-refractivity contribution in [1.82, 2.24) is 9.55 Å². The fraction of sp³-hybridized carbons (Fsp3) is 0.280. The Kier molecular flexibility index (Phi) is 5.63. The van der Waals surface area contributed by atoms with E-state index < -0.39 is 23.6 Å². The molecule has 4 aromatic rings. The highest BCUT2D eigenvalue weighted by Gasteiger charge is 2.35. The second-order valence-corrected chi connectivity index (χ2v) is 9.25. The van der Waals surface area contributed by atoms with Crippen molar-refractivity contribution in [2.24, 2.45) is 0 Å². The number of nitrogens with one attached hydrogen (secondary N) is 1. The third-order valence-corrected chi connectivity index (χ3v) is 7.13. The van der Waals surface area contributed by atoms with Gasteiger partial charge in [-0.15, -0.1) is 0 Å². The molecule has 164 valence electrons. The number of aryl methyl sites for hydroxylation is 1. The lowest BCUT2D eigenvalue weighted by molar-refractivity contribution is -0.00765. The van der Waals surface area contributed by atoms with E-state index in [9.17, 15) is 14.7 Å². The molecule has 5 rings (SSSR count). The van der Waals surface area contributed by atoms with E-state index in [1.54, 1.807) is 18.7 Å². The van der Waals surface area contributed by atoms with E-state index in [1.807, 2.05) is 0 Å². The van der Waals surface area contributed by atoms with Gasteiger partial charge in [0.05, 0.1) is 12.2 Å². The molecule has 0 saturated carbocycles. The predicted octanol–water partition coefficient (Wildman–Crippen LogP) is 3.73. The number of fused-ring (bicyclic) bond motifs is 2. The lowest BCUT2D eigenvalue weighted by Crippen LogP contribution is -2.33. The molecule has 32 heavy (non-hydrogen) atoms. The monoisotopic (exact) mass is 448 g/mol. The Labute approximate surface area is 188 Å². The average molecular weight is 449 g/mol. The van der Waals surface area contributed by atoms with Gasteiger partial charge >= 0.3 is 5.69 Å². The van der Waals surface area contributed by atoms with Crippen LogP contribution in [0, 0.1) is 6.92 Å². The molecule has 1 aliphatic heterocycles. The zero-order chi connectivity index (χ0) is 22.2. The van der Waals surface area contributed by atoms with Gasteiger partial charge in [0.15, 0.2) is 0 Å². The van der Waals surface area contributed by atoms with E-state index in [-0.39, 0.29) is 6.10 Å². The van der Waals surface area contributed by atoms with Crippen LogP contribution in [0.1, 0.15) is 23.8 Å². The second-order valence-electron chi connectivity index (χ2n) is 8.22. The summed E-state index contributed by atoms with van der Waals surface area (Å²) in [6.45, 7) is 1.64. The Morgan fingerprint density at radius 3 is 2.44 bits per heavy atom. The first kappa shape index (κ1) is 21.0. The largest absolute Gasteiger partial charge is 0.390 e. The molecular weight excluding hydrogens is 424 g/mol. The summed E-state index contributed by atoms with van der Waals surface area (Å²) < 4.78 is 7.38. The molecule has 0 amide bonds. The number of hydrogen-bond donors (Lipinski definition) is 2. The van der Waals surface area contributed by atoms with Crippen LogP contribution in [-0.4, -0.2) is 32.6 Å². The zero-order valence-corrected chi connectivity index (χ0v) is 18.5. The number of aliphatic hydroxyl groups is 1. The van der Waals surface area contributed by atoms with Crippen molar-refractivity contribution in [3.05, 3.63) is 92.8 Å². The van der Waals surface area contributed by atoms with Crippen LogP contribution < -0.4 is 11.2 Å². The quantitative estimate of drug-likeness (QED) is 0.455. The van der Waals surface area contributed by atoms with Crippen LogP contribution in [0.4, 0.5) is 0 Å². The van der Waals surface area contributed by atoms with Gasteiger partial charge in [0.25, 0.3) is 5.56 Å². The van der Waals surface area contributed by atoms with Gasteiger partial charge in [-0.3, -0.25) is 14.3 Å². The van der Waals surface area contributed by atoms with Crippen molar-refractivity contribution in [2.45, 2.75) is 37.5 Å². The smallest absolute Gasteiger partial charge is 0.330 e. The molecule has 2 N–H and O–H groups in total. The van der Waals surface area contributed by atoms with Crippen molar-refractivity contribution in [3.8, 4) is 0 Å². The van der Waals surface area contributed by atoms with Crippen LogP contribution in [0.2, 0.25) is 0 Å². The number of ether oxygens (including phenoxy) is 1. The Balaban J connectivity index is 1.34. The molecule has 1 saturated heterocycles. The van der Waals surface area contributed by atoms with Gasteiger partial charge in [-0.2, -0.15) is 11.8 Å². The summed E-state index contributed by atoms with van der Waals surface area (Å²) in [6, 6.07) is 19.0. The lowest BCUT2D eigenvalue weighted by atomic mass is 9.98. The molecule has 7 heteroatoms. The van der Waals surface area contributed by atoms with E-state index in [2.05, 4.69) is 59.6 Å². The molecule has 1 aromatic heterocycles. The molecular formula is C25H24N2O4S. The summed E-state index contributed by atoms with van der Waals surface area (Å²) in [5.41, 5.74) is 0.788. The maximum Gasteiger partial charge on any atom is 0.330 e. The van der Waals surface area contributed by atoms with Gasteiger partial charge in [0.1, 0.15) is 6.23 Å². The van der Waals surface area contributed by atoms with Crippen molar-refractivity contribution in [2.75, 3.05) is 5.75 Å². The summed E-state index contributed by atoms with van der Waals surface area (Å²) >= 11 is 1.71. The fourth-order valence-corrected chi connectivity index (χ4v) is 5.54. The third-order valence-electron chi connectivity index (χ3n) is 6.07. The molecule has 2 heterocycles. The minimum Gasteiger partial charge on any atom is -0.390 e. The molecule has 3 aromatic carbocycles. The highest BCUT2D eigenvalue weighted by Crippen LogP contribution is 2.34. The Bertz CT molecular complexity index is 1360. The third kappa shape index (κ3) is 3.88. The van der Waals surface area contributed by atoms with Gasteiger partial charge in [0, 0.05) is 29.7 Å². The Morgan fingerprint density at radius 2 is 1.75 bits per heavy atom. The van der Waals surface area contributed by atoms with Crippen LogP contribution >= 0.6 is 11.8 Å². The van der Waals surface area contributed by atoms with Crippen LogP contribution in [0.25, 0.3) is 21.5 Å². The van der Waals surface area contributed by atoms with Crippen molar-refractivity contribution < 1.29 is 9.84 Å². The molecule has 6 nitrogen and oxygen atoms in total. The summed E-state index contributed by atoms with van der Waals surface area (Å²) in [5.74, 6) is 1.39. The van der Waals surface area contributed by atoms with E-state index in [4.69, 9.17) is 4.74 Å². The predicted molar refractivity (Wildman–Crippen MR) is 128 cm³/mol. The van der Waals surface area contributed by atoms with Crippen LogP contribution in [0.5, 0.6) is 0 Å². The number of aliphatic hydroxyl groups excluding tert-OH is 1. The van der Waals surface area contributed by atoms with Gasteiger partial charge in [-0.1, -0.05) is 48.5 Å². The molecule has 0 bridgehead atoms. The minimum atomic E-state index is -0.670. The van der Waals surface area contributed by atoms with E-state index >= 15 is 0 Å². The van der Waals surface area contributed by atoms with Crippen molar-refractivity contribution >= 4 is 33.3 Å². The Morgan fingerprint density at radius 1 is 1.09 bits per heavy atom. The van der Waals surface area contributed by atoms with Crippen LogP contribution in [0.3, 0.4) is 0 Å². The highest BCUT2D eigenvalue weighted by atomic mass is 32.2. The van der Waals surface area contributed by atoms with Gasteiger partial charge in [-0.25, -0.2) is 4.79 Å². The van der Waals surface area contributed by atoms with E-state index in [0.29, 0.717) is 17.7 Å². The summed E-state index contributed by atoms with van der Waals surface area (Å²) in [6.07, 6.45) is 0.169. The molecule has 0 unspecified atom stereocenters. The van der Waals surface area contributed by atoms with E-state index in [0.717, 1.165) is 5.75 Å². The maximum atomic E-state index is 12.2. The standard InChI is InChI=1S/C25H24N2O4S/c1-15-12-27(25(30)26-24(15)29)23-11-21(28)22(31-23)14-32-13-20-18-8-4-2-6-16(18)10-17-7-3-5-9-19(17)20/h2-10,12,21-23,28H,11,13-14H2,1H3,(H,26,29,30)/t21-,22+,23+/m0/s1. The number of H-pyrrole nitrogens is 1. The van der Waals surface area contributed by atoms with Gasteiger partial charge in [-0.05, 0) is 40.1 Å². The van der Waals surface area contributed by atoms with Gasteiger partial charge in [0.2, 0.25) is 0 Å². The first-order chi connectivity index (χ1) is 15.5. The number of aromatic nitrogens is 2. The average Bonchev–Trinajstić information content (AvgIpc) is 3.16. The summed E-state index contributed by atoms with van der Waals surface area (Å²) in [5, 5.41) is 15.5. The second kappa shape index (κ2) is 8.58. The first-order valence-corrected chi connectivity index (χ1v) is 11.8. The normalized spacial score (nSPS) is 20.9. The Hall–Kier alpha value is -2.87. The first-order valence-electron chi connectivity index (χ1n) is 10.6. The zero-order valence-electron chi connectivity index (χ0n) is 17.7. The molecule has 1 aliphatic rings. The van der Waals surface area contributed by atoms with E-state index in [1.165, 1.54) is 37.9 Å². The van der Waals surface area contributed by atoms with Crippen LogP contribution in [0.15, 0.2) is 70.4 Å². The number of nitrogens with zero attached hydrogens (tertiary/aromatic N) is 1. The van der Waals surface area contributed by atoms with Crippen LogP contribution in [-0.2, 0) is 10.5 Å². The molecule has 3 atom stereocenters. The van der Waals surface area contributed by atoms with Crippen molar-refractivity contribution in [1.29, 1.82) is 0 Å².